The zero-order chi connectivity index (χ0) is 17.9. The molecule has 1 aromatic carbocycles. The smallest absolute Gasteiger partial charge is 0.223 e. The van der Waals surface area contributed by atoms with Gasteiger partial charge in [-0.05, 0) is 30.7 Å². The molecule has 1 aromatic heterocycles. The third-order valence-electron chi connectivity index (χ3n) is 5.41. The molecule has 2 aliphatic rings. The first kappa shape index (κ1) is 17.0. The minimum atomic E-state index is 0.235. The van der Waals surface area contributed by atoms with Crippen molar-refractivity contribution in [3.63, 3.8) is 0 Å². The van der Waals surface area contributed by atoms with Crippen LogP contribution < -0.4 is 5.32 Å². The van der Waals surface area contributed by atoms with Gasteiger partial charge in [0.05, 0.1) is 5.69 Å². The highest BCUT2D eigenvalue weighted by molar-refractivity contribution is 5.77. The number of carbonyl (C=O) groups excluding carboxylic acids is 1. The summed E-state index contributed by atoms with van der Waals surface area (Å²) >= 11 is 0. The predicted octanol–water partition coefficient (Wildman–Crippen LogP) is 3.17. The summed E-state index contributed by atoms with van der Waals surface area (Å²) in [5, 5.41) is 3.51. The molecule has 1 N–H and O–H groups in total. The van der Waals surface area contributed by atoms with Crippen molar-refractivity contribution in [1.29, 1.82) is 0 Å². The lowest BCUT2D eigenvalue weighted by atomic mass is 9.97. The molecule has 136 valence electrons. The van der Waals surface area contributed by atoms with E-state index in [1.54, 1.807) is 6.33 Å². The highest BCUT2D eigenvalue weighted by Gasteiger charge is 2.26. The monoisotopic (exact) mass is 350 g/mol. The summed E-state index contributed by atoms with van der Waals surface area (Å²) in [6.07, 6.45) is 6.29. The first-order valence-electron chi connectivity index (χ1n) is 9.62. The van der Waals surface area contributed by atoms with Gasteiger partial charge in [0.25, 0.3) is 0 Å². The second-order valence-electron chi connectivity index (χ2n) is 7.46. The van der Waals surface area contributed by atoms with Crippen LogP contribution in [0.4, 0.5) is 5.82 Å². The van der Waals surface area contributed by atoms with Crippen molar-refractivity contribution in [2.75, 3.05) is 18.4 Å². The Hall–Kier alpha value is -2.43. The maximum absolute atomic E-state index is 12.8. The first-order chi connectivity index (χ1) is 12.7. The summed E-state index contributed by atoms with van der Waals surface area (Å²) in [6, 6.07) is 10.8. The number of benzene rings is 1. The van der Waals surface area contributed by atoms with Crippen LogP contribution in [0.5, 0.6) is 0 Å². The van der Waals surface area contributed by atoms with Crippen molar-refractivity contribution in [1.82, 2.24) is 14.9 Å². The lowest BCUT2D eigenvalue weighted by Crippen LogP contribution is -2.34. The standard InChI is InChI=1S/C21H26N4O/c1-15(16-5-3-2-4-6-16)13-20(26)25-11-9-18-19(10-12-25)22-14-23-21(18)24-17-7-8-17/h2-6,14-15,17H,7-13H2,1H3,(H,22,23,24)/t15-/m1/s1. The topological polar surface area (TPSA) is 58.1 Å². The van der Waals surface area contributed by atoms with E-state index >= 15 is 0 Å². The Morgan fingerprint density at radius 2 is 1.96 bits per heavy atom. The van der Waals surface area contributed by atoms with E-state index in [4.69, 9.17) is 0 Å². The van der Waals surface area contributed by atoms with E-state index in [9.17, 15) is 4.79 Å². The van der Waals surface area contributed by atoms with Crippen molar-refractivity contribution in [2.45, 2.75) is 51.0 Å². The molecule has 2 heterocycles. The molecular weight excluding hydrogens is 324 g/mol. The van der Waals surface area contributed by atoms with Crippen LogP contribution >= 0.6 is 0 Å². The van der Waals surface area contributed by atoms with Gasteiger partial charge in [0.2, 0.25) is 5.91 Å². The van der Waals surface area contributed by atoms with Gasteiger partial charge in [-0.3, -0.25) is 4.79 Å². The molecule has 1 fully saturated rings. The number of rotatable bonds is 5. The van der Waals surface area contributed by atoms with Crippen LogP contribution in [-0.2, 0) is 17.6 Å². The lowest BCUT2D eigenvalue weighted by molar-refractivity contribution is -0.131. The van der Waals surface area contributed by atoms with E-state index in [1.807, 2.05) is 23.1 Å². The number of aromatic nitrogens is 2. The Bertz CT molecular complexity index is 773. The average Bonchev–Trinajstić information content (AvgIpc) is 3.49. The molecule has 0 saturated heterocycles. The normalized spacial score (nSPS) is 18.0. The molecule has 1 aliphatic carbocycles. The van der Waals surface area contributed by atoms with Gasteiger partial charge in [0, 0.05) is 37.5 Å². The molecule has 2 aromatic rings. The van der Waals surface area contributed by atoms with E-state index in [1.165, 1.54) is 24.0 Å². The summed E-state index contributed by atoms with van der Waals surface area (Å²) in [7, 11) is 0. The molecule has 5 heteroatoms. The van der Waals surface area contributed by atoms with Crippen LogP contribution in [-0.4, -0.2) is 39.9 Å². The molecule has 5 nitrogen and oxygen atoms in total. The van der Waals surface area contributed by atoms with E-state index < -0.39 is 0 Å². The minimum Gasteiger partial charge on any atom is -0.367 e. The van der Waals surface area contributed by atoms with Gasteiger partial charge in [-0.1, -0.05) is 37.3 Å². The molecular formula is C21H26N4O. The molecule has 26 heavy (non-hydrogen) atoms. The number of nitrogens with one attached hydrogen (secondary N) is 1. The zero-order valence-electron chi connectivity index (χ0n) is 15.3. The summed E-state index contributed by atoms with van der Waals surface area (Å²) in [5.74, 6) is 1.45. The second-order valence-corrected chi connectivity index (χ2v) is 7.46. The number of nitrogens with zero attached hydrogens (tertiary/aromatic N) is 3. The molecule has 0 bridgehead atoms. The fourth-order valence-corrected chi connectivity index (χ4v) is 3.61. The van der Waals surface area contributed by atoms with Gasteiger partial charge >= 0.3 is 0 Å². The Morgan fingerprint density at radius 3 is 2.73 bits per heavy atom. The molecule has 0 unspecified atom stereocenters. The third-order valence-corrected chi connectivity index (χ3v) is 5.41. The highest BCUT2D eigenvalue weighted by Crippen LogP contribution is 2.28. The fourth-order valence-electron chi connectivity index (χ4n) is 3.61. The molecule has 1 amide bonds. The molecule has 0 spiro atoms. The first-order valence-corrected chi connectivity index (χ1v) is 9.62. The van der Waals surface area contributed by atoms with E-state index in [0.29, 0.717) is 12.5 Å². The largest absolute Gasteiger partial charge is 0.367 e. The molecule has 1 saturated carbocycles. The highest BCUT2D eigenvalue weighted by atomic mass is 16.2. The maximum atomic E-state index is 12.8. The number of amides is 1. The van der Waals surface area contributed by atoms with Gasteiger partial charge in [0.1, 0.15) is 12.1 Å². The summed E-state index contributed by atoms with van der Waals surface area (Å²) in [4.78, 5) is 23.8. The number of fused-ring (bicyclic) bond motifs is 1. The van der Waals surface area contributed by atoms with Gasteiger partial charge in [-0.15, -0.1) is 0 Å². The van der Waals surface area contributed by atoms with Crippen molar-refractivity contribution >= 4 is 11.7 Å². The van der Waals surface area contributed by atoms with E-state index in [0.717, 1.165) is 37.4 Å². The number of hydrogen-bond acceptors (Lipinski definition) is 4. The van der Waals surface area contributed by atoms with Gasteiger partial charge in [-0.25, -0.2) is 9.97 Å². The number of hydrogen-bond donors (Lipinski definition) is 1. The molecule has 1 atom stereocenters. The Morgan fingerprint density at radius 1 is 1.19 bits per heavy atom. The Balaban J connectivity index is 1.41. The van der Waals surface area contributed by atoms with Crippen molar-refractivity contribution in [3.05, 3.63) is 53.5 Å². The van der Waals surface area contributed by atoms with Crippen LogP contribution in [0.3, 0.4) is 0 Å². The Labute approximate surface area is 154 Å². The van der Waals surface area contributed by atoms with Gasteiger partial charge < -0.3 is 10.2 Å². The lowest BCUT2D eigenvalue weighted by Gasteiger charge is -2.22. The minimum absolute atomic E-state index is 0.235. The van der Waals surface area contributed by atoms with E-state index in [-0.39, 0.29) is 11.8 Å². The van der Waals surface area contributed by atoms with Crippen LogP contribution in [0.2, 0.25) is 0 Å². The van der Waals surface area contributed by atoms with E-state index in [2.05, 4.69) is 34.3 Å². The third kappa shape index (κ3) is 3.87. The van der Waals surface area contributed by atoms with Crippen molar-refractivity contribution < 1.29 is 4.79 Å². The number of carbonyl (C=O) groups is 1. The van der Waals surface area contributed by atoms with Crippen LogP contribution in [0.25, 0.3) is 0 Å². The van der Waals surface area contributed by atoms with Crippen molar-refractivity contribution in [2.24, 2.45) is 0 Å². The quantitative estimate of drug-likeness (QED) is 0.900. The molecule has 4 rings (SSSR count). The molecule has 0 radical (unpaired) electrons. The second kappa shape index (κ2) is 7.44. The average molecular weight is 350 g/mol. The van der Waals surface area contributed by atoms with Gasteiger partial charge in [0.15, 0.2) is 0 Å². The fraction of sp³-hybridized carbons (Fsp3) is 0.476. The maximum Gasteiger partial charge on any atom is 0.223 e. The summed E-state index contributed by atoms with van der Waals surface area (Å²) in [5.41, 5.74) is 3.51. The summed E-state index contributed by atoms with van der Waals surface area (Å²) < 4.78 is 0. The zero-order valence-corrected chi connectivity index (χ0v) is 15.3. The predicted molar refractivity (Wildman–Crippen MR) is 102 cm³/mol. The SMILES string of the molecule is C[C@H](CC(=O)N1CCc2ncnc(NC3CC3)c2CC1)c1ccccc1. The Kier molecular flexibility index (Phi) is 4.87. The van der Waals surface area contributed by atoms with Crippen LogP contribution in [0.1, 0.15) is 48.9 Å². The summed E-state index contributed by atoms with van der Waals surface area (Å²) in [6.45, 7) is 3.62. The number of anilines is 1. The van der Waals surface area contributed by atoms with Crippen molar-refractivity contribution in [3.8, 4) is 0 Å². The molecule has 1 aliphatic heterocycles. The van der Waals surface area contributed by atoms with Crippen LogP contribution in [0, 0.1) is 0 Å². The van der Waals surface area contributed by atoms with Crippen LogP contribution in [0.15, 0.2) is 36.7 Å². The van der Waals surface area contributed by atoms with Gasteiger partial charge in [-0.2, -0.15) is 0 Å².